The first-order valence-corrected chi connectivity index (χ1v) is 12.0. The number of carbonyl (C=O) groups excluding carboxylic acids is 1. The minimum Gasteiger partial charge on any atom is -0.379 e. The molecule has 0 bridgehead atoms. The van der Waals surface area contributed by atoms with Gasteiger partial charge < -0.3 is 15.0 Å². The van der Waals surface area contributed by atoms with Gasteiger partial charge in [0, 0.05) is 31.9 Å². The van der Waals surface area contributed by atoms with Crippen molar-refractivity contribution in [3.8, 4) is 0 Å². The fourth-order valence-corrected chi connectivity index (χ4v) is 5.96. The van der Waals surface area contributed by atoms with E-state index in [1.165, 1.54) is 22.1 Å². The number of thiocarbonyl (C=S) groups is 1. The normalized spacial score (nSPS) is 19.4. The molecule has 3 rings (SSSR count). The van der Waals surface area contributed by atoms with Gasteiger partial charge in [-0.05, 0) is 38.0 Å². The van der Waals surface area contributed by atoms with Crippen molar-refractivity contribution in [2.24, 2.45) is 0 Å². The van der Waals surface area contributed by atoms with Gasteiger partial charge in [-0.25, -0.2) is 8.42 Å². The highest BCUT2D eigenvalue weighted by molar-refractivity contribution is 8.23. The smallest absolute Gasteiger partial charge is 0.243 e. The van der Waals surface area contributed by atoms with Gasteiger partial charge in [0.05, 0.1) is 23.4 Å². The van der Waals surface area contributed by atoms with E-state index >= 15 is 0 Å². The molecule has 2 fully saturated rings. The Morgan fingerprint density at radius 3 is 2.57 bits per heavy atom. The topological polar surface area (TPSA) is 79.0 Å². The number of hydrogen-bond donors (Lipinski definition) is 1. The molecule has 1 N–H and O–H groups in total. The van der Waals surface area contributed by atoms with Gasteiger partial charge in [0.15, 0.2) is 0 Å². The number of ether oxygens (including phenoxy) is 1. The second kappa shape index (κ2) is 9.53. The van der Waals surface area contributed by atoms with Crippen LogP contribution in [0, 0.1) is 0 Å². The molecule has 1 aromatic carbocycles. The number of benzene rings is 1. The first-order chi connectivity index (χ1) is 13.4. The van der Waals surface area contributed by atoms with Crippen LogP contribution in [0.2, 0.25) is 0 Å². The first-order valence-electron chi connectivity index (χ1n) is 9.32. The fraction of sp³-hybridized carbons (Fsp3) is 0.556. The molecule has 154 valence electrons. The third-order valence-electron chi connectivity index (χ3n) is 4.72. The Bertz CT molecular complexity index is 819. The lowest BCUT2D eigenvalue weighted by atomic mass is 10.3. The standard InChI is InChI=1S/C18H25N3O4S3/c1-14(27-18(26)20-7-2-3-8-20)17(22)19-15-5-4-6-16(13-15)28(23,24)21-9-11-25-12-10-21/h4-6,13-14H,2-3,7-12H2,1H3,(H,19,22). The molecule has 1 amide bonds. The van der Waals surface area contributed by atoms with Crippen LogP contribution in [0.5, 0.6) is 0 Å². The number of sulfonamides is 1. The third kappa shape index (κ3) is 5.24. The molecule has 28 heavy (non-hydrogen) atoms. The largest absolute Gasteiger partial charge is 0.379 e. The van der Waals surface area contributed by atoms with Gasteiger partial charge in [0.2, 0.25) is 15.9 Å². The minimum absolute atomic E-state index is 0.167. The SMILES string of the molecule is CC(SC(=S)N1CCCC1)C(=O)Nc1cccc(S(=O)(=O)N2CCOCC2)c1. The molecule has 2 aliphatic heterocycles. The zero-order valence-electron chi connectivity index (χ0n) is 15.8. The average molecular weight is 444 g/mol. The van der Waals surface area contributed by atoms with Crippen molar-refractivity contribution in [3.63, 3.8) is 0 Å². The Morgan fingerprint density at radius 1 is 1.21 bits per heavy atom. The van der Waals surface area contributed by atoms with Crippen molar-refractivity contribution < 1.29 is 17.9 Å². The molecule has 10 heteroatoms. The molecule has 0 saturated carbocycles. The molecule has 7 nitrogen and oxygen atoms in total. The first kappa shape index (κ1) is 21.5. The van der Waals surface area contributed by atoms with Crippen molar-refractivity contribution in [1.29, 1.82) is 0 Å². The van der Waals surface area contributed by atoms with Gasteiger partial charge in [-0.1, -0.05) is 30.0 Å². The van der Waals surface area contributed by atoms with Crippen molar-refractivity contribution in [1.82, 2.24) is 9.21 Å². The molecule has 1 unspecified atom stereocenters. The van der Waals surface area contributed by atoms with Crippen LogP contribution >= 0.6 is 24.0 Å². The number of hydrogen-bond acceptors (Lipinski definition) is 6. The van der Waals surface area contributed by atoms with E-state index in [4.69, 9.17) is 17.0 Å². The second-order valence-corrected chi connectivity index (χ2v) is 10.7. The van der Waals surface area contributed by atoms with E-state index in [9.17, 15) is 13.2 Å². The molecule has 2 heterocycles. The summed E-state index contributed by atoms with van der Waals surface area (Å²) in [6.07, 6.45) is 2.26. The highest BCUT2D eigenvalue weighted by Gasteiger charge is 2.27. The number of likely N-dealkylation sites (tertiary alicyclic amines) is 1. The van der Waals surface area contributed by atoms with Crippen LogP contribution in [0.4, 0.5) is 5.69 Å². The monoisotopic (exact) mass is 443 g/mol. The van der Waals surface area contributed by atoms with E-state index in [0.29, 0.717) is 32.0 Å². The highest BCUT2D eigenvalue weighted by atomic mass is 32.2. The molecule has 0 radical (unpaired) electrons. The zero-order valence-corrected chi connectivity index (χ0v) is 18.2. The summed E-state index contributed by atoms with van der Waals surface area (Å²) in [7, 11) is -3.60. The van der Waals surface area contributed by atoms with Gasteiger partial charge in [-0.2, -0.15) is 4.31 Å². The Hall–Kier alpha value is -1.20. The highest BCUT2D eigenvalue weighted by Crippen LogP contribution is 2.23. The van der Waals surface area contributed by atoms with E-state index < -0.39 is 10.0 Å². The molecule has 0 spiro atoms. The van der Waals surface area contributed by atoms with Crippen molar-refractivity contribution in [3.05, 3.63) is 24.3 Å². The van der Waals surface area contributed by atoms with E-state index in [0.717, 1.165) is 30.3 Å². The molecule has 1 atom stereocenters. The molecule has 0 aliphatic carbocycles. The van der Waals surface area contributed by atoms with Gasteiger partial charge in [0.1, 0.15) is 4.32 Å². The number of morpholine rings is 1. The molecular weight excluding hydrogens is 418 g/mol. The van der Waals surface area contributed by atoms with Crippen LogP contribution < -0.4 is 5.32 Å². The number of amides is 1. The minimum atomic E-state index is -3.60. The van der Waals surface area contributed by atoms with Crippen molar-refractivity contribution in [2.45, 2.75) is 29.9 Å². The van der Waals surface area contributed by atoms with Crippen LogP contribution in [-0.2, 0) is 19.6 Å². The number of rotatable bonds is 5. The lowest BCUT2D eigenvalue weighted by Crippen LogP contribution is -2.40. The molecule has 0 aromatic heterocycles. The Morgan fingerprint density at radius 2 is 1.89 bits per heavy atom. The van der Waals surface area contributed by atoms with Crippen LogP contribution in [0.3, 0.4) is 0 Å². The zero-order chi connectivity index (χ0) is 20.1. The molecule has 2 aliphatic rings. The van der Waals surface area contributed by atoms with E-state index in [-0.39, 0.29) is 16.1 Å². The van der Waals surface area contributed by atoms with Crippen LogP contribution in [-0.4, -0.2) is 72.5 Å². The maximum absolute atomic E-state index is 12.8. The lowest BCUT2D eigenvalue weighted by molar-refractivity contribution is -0.115. The third-order valence-corrected chi connectivity index (χ3v) is 8.19. The van der Waals surface area contributed by atoms with Crippen molar-refractivity contribution in [2.75, 3.05) is 44.7 Å². The predicted octanol–water partition coefficient (Wildman–Crippen LogP) is 2.15. The fourth-order valence-electron chi connectivity index (χ4n) is 3.09. The maximum atomic E-state index is 12.8. The number of anilines is 1. The summed E-state index contributed by atoms with van der Waals surface area (Å²) in [5, 5.41) is 2.44. The number of nitrogens with one attached hydrogen (secondary N) is 1. The predicted molar refractivity (Wildman–Crippen MR) is 115 cm³/mol. The Balaban J connectivity index is 1.63. The van der Waals surface area contributed by atoms with Crippen LogP contribution in [0.1, 0.15) is 19.8 Å². The van der Waals surface area contributed by atoms with Gasteiger partial charge in [-0.15, -0.1) is 0 Å². The van der Waals surface area contributed by atoms with Crippen LogP contribution in [0.15, 0.2) is 29.2 Å². The van der Waals surface area contributed by atoms with Gasteiger partial charge in [0.25, 0.3) is 0 Å². The Labute approximate surface area is 175 Å². The summed E-state index contributed by atoms with van der Waals surface area (Å²) >= 11 is 6.79. The summed E-state index contributed by atoms with van der Waals surface area (Å²) in [4.78, 5) is 14.8. The quantitative estimate of drug-likeness (QED) is 0.699. The summed E-state index contributed by atoms with van der Waals surface area (Å²) in [5.41, 5.74) is 0.457. The molecule has 2 saturated heterocycles. The van der Waals surface area contributed by atoms with Crippen molar-refractivity contribution >= 4 is 49.9 Å². The number of carbonyl (C=O) groups is 1. The summed E-state index contributed by atoms with van der Waals surface area (Å²) in [6, 6.07) is 6.36. The summed E-state index contributed by atoms with van der Waals surface area (Å²) < 4.78 is 32.9. The van der Waals surface area contributed by atoms with E-state index in [2.05, 4.69) is 10.2 Å². The molecule has 1 aromatic rings. The second-order valence-electron chi connectivity index (χ2n) is 6.75. The van der Waals surface area contributed by atoms with Gasteiger partial charge in [-0.3, -0.25) is 4.79 Å². The van der Waals surface area contributed by atoms with E-state index in [1.807, 2.05) is 0 Å². The Kier molecular flexibility index (Phi) is 7.32. The van der Waals surface area contributed by atoms with E-state index in [1.54, 1.807) is 25.1 Å². The van der Waals surface area contributed by atoms with Gasteiger partial charge >= 0.3 is 0 Å². The number of nitrogens with zero attached hydrogens (tertiary/aromatic N) is 2. The maximum Gasteiger partial charge on any atom is 0.243 e. The summed E-state index contributed by atoms with van der Waals surface area (Å²) in [5.74, 6) is -0.201. The number of thioether (sulfide) groups is 1. The average Bonchev–Trinajstić information content (AvgIpc) is 3.24. The molecular formula is C18H25N3O4S3. The van der Waals surface area contributed by atoms with Crippen LogP contribution in [0.25, 0.3) is 0 Å². The lowest BCUT2D eigenvalue weighted by Gasteiger charge is -2.26. The summed E-state index contributed by atoms with van der Waals surface area (Å²) in [6.45, 7) is 5.14.